The minimum absolute atomic E-state index is 0.0275. The standard InChI is InChI=1S/C23H20N2O2S/c26-22(18-12-11-16-6-1-2-7-17(16)14-18)25(15-19-8-5-13-27-19)23-24-20-9-3-4-10-21(20)28-23/h1-4,6-7,9-12,14,19H,5,8,13,15H2/t19-/m0/s1. The fourth-order valence-corrected chi connectivity index (χ4v) is 4.67. The SMILES string of the molecule is O=C(c1ccc2ccccc2c1)N(C[C@@H]1CCCO1)c1nc2ccccc2s1. The second kappa shape index (κ2) is 7.34. The van der Waals surface area contributed by atoms with Crippen molar-refractivity contribution < 1.29 is 9.53 Å². The summed E-state index contributed by atoms with van der Waals surface area (Å²) in [6.45, 7) is 1.30. The Bertz CT molecular complexity index is 1110. The summed E-state index contributed by atoms with van der Waals surface area (Å²) >= 11 is 1.55. The van der Waals surface area contributed by atoms with Crippen LogP contribution in [0.2, 0.25) is 0 Å². The second-order valence-electron chi connectivity index (χ2n) is 7.08. The number of ether oxygens (including phenoxy) is 1. The molecule has 140 valence electrons. The minimum atomic E-state index is -0.0275. The van der Waals surface area contributed by atoms with Crippen molar-refractivity contribution in [2.24, 2.45) is 0 Å². The lowest BCUT2D eigenvalue weighted by Crippen LogP contribution is -2.37. The van der Waals surface area contributed by atoms with Crippen LogP contribution >= 0.6 is 11.3 Å². The zero-order chi connectivity index (χ0) is 18.9. The highest BCUT2D eigenvalue weighted by Gasteiger charge is 2.27. The summed E-state index contributed by atoms with van der Waals surface area (Å²) in [5.74, 6) is -0.0275. The van der Waals surface area contributed by atoms with E-state index in [1.54, 1.807) is 16.2 Å². The van der Waals surface area contributed by atoms with Gasteiger partial charge in [0.05, 0.1) is 22.9 Å². The first kappa shape index (κ1) is 17.3. The van der Waals surface area contributed by atoms with Gasteiger partial charge in [-0.05, 0) is 47.9 Å². The van der Waals surface area contributed by atoms with Crippen LogP contribution in [0.1, 0.15) is 23.2 Å². The lowest BCUT2D eigenvalue weighted by Gasteiger charge is -2.23. The summed E-state index contributed by atoms with van der Waals surface area (Å²) in [6.07, 6.45) is 2.09. The Morgan fingerprint density at radius 3 is 2.71 bits per heavy atom. The van der Waals surface area contributed by atoms with Crippen molar-refractivity contribution in [3.63, 3.8) is 0 Å². The van der Waals surface area contributed by atoms with Crippen LogP contribution < -0.4 is 4.90 Å². The van der Waals surface area contributed by atoms with Gasteiger partial charge in [0.2, 0.25) is 0 Å². The Hall–Kier alpha value is -2.76. The molecule has 4 aromatic rings. The molecule has 1 aliphatic rings. The molecule has 0 saturated carbocycles. The monoisotopic (exact) mass is 388 g/mol. The van der Waals surface area contributed by atoms with Crippen molar-refractivity contribution in [3.05, 3.63) is 72.3 Å². The van der Waals surface area contributed by atoms with E-state index in [-0.39, 0.29) is 12.0 Å². The molecule has 1 fully saturated rings. The predicted molar refractivity (Wildman–Crippen MR) is 114 cm³/mol. The first-order valence-corrected chi connectivity index (χ1v) is 10.4. The summed E-state index contributed by atoms with van der Waals surface area (Å²) in [6, 6.07) is 22.0. The number of carbonyl (C=O) groups excluding carboxylic acids is 1. The van der Waals surface area contributed by atoms with Crippen LogP contribution in [0.5, 0.6) is 0 Å². The maximum Gasteiger partial charge on any atom is 0.260 e. The third-order valence-electron chi connectivity index (χ3n) is 5.17. The van der Waals surface area contributed by atoms with Crippen molar-refractivity contribution in [1.82, 2.24) is 4.98 Å². The van der Waals surface area contributed by atoms with E-state index in [2.05, 4.69) is 6.07 Å². The number of carbonyl (C=O) groups is 1. The van der Waals surface area contributed by atoms with Crippen molar-refractivity contribution in [2.75, 3.05) is 18.1 Å². The normalized spacial score (nSPS) is 16.6. The van der Waals surface area contributed by atoms with Crippen molar-refractivity contribution in [2.45, 2.75) is 18.9 Å². The minimum Gasteiger partial charge on any atom is -0.376 e. The maximum atomic E-state index is 13.5. The molecule has 1 atom stereocenters. The van der Waals surface area contributed by atoms with Gasteiger partial charge in [0.15, 0.2) is 5.13 Å². The summed E-state index contributed by atoms with van der Waals surface area (Å²) in [5, 5.41) is 2.93. The number of aromatic nitrogens is 1. The Labute approximate surface area is 167 Å². The van der Waals surface area contributed by atoms with Gasteiger partial charge in [-0.25, -0.2) is 4.98 Å². The van der Waals surface area contributed by atoms with Crippen molar-refractivity contribution >= 4 is 43.4 Å². The zero-order valence-corrected chi connectivity index (χ0v) is 16.2. The molecule has 0 spiro atoms. The highest BCUT2D eigenvalue weighted by Crippen LogP contribution is 2.31. The average molecular weight is 388 g/mol. The number of rotatable bonds is 4. The molecule has 5 heteroatoms. The summed E-state index contributed by atoms with van der Waals surface area (Å²) in [7, 11) is 0. The highest BCUT2D eigenvalue weighted by atomic mass is 32.1. The molecule has 5 rings (SSSR count). The fourth-order valence-electron chi connectivity index (χ4n) is 3.69. The molecule has 0 radical (unpaired) electrons. The van der Waals surface area contributed by atoms with E-state index >= 15 is 0 Å². The fraction of sp³-hybridized carbons (Fsp3) is 0.217. The topological polar surface area (TPSA) is 42.4 Å². The number of thiazole rings is 1. The molecule has 1 aromatic heterocycles. The Balaban J connectivity index is 1.54. The molecular weight excluding hydrogens is 368 g/mol. The van der Waals surface area contributed by atoms with Gasteiger partial charge in [0, 0.05) is 12.2 Å². The van der Waals surface area contributed by atoms with Crippen LogP contribution in [0.25, 0.3) is 21.0 Å². The third kappa shape index (κ3) is 3.28. The molecule has 1 aliphatic heterocycles. The van der Waals surface area contributed by atoms with Gasteiger partial charge in [-0.3, -0.25) is 9.69 Å². The van der Waals surface area contributed by atoms with E-state index in [1.807, 2.05) is 60.7 Å². The molecule has 1 saturated heterocycles. The van der Waals surface area contributed by atoms with Gasteiger partial charge in [-0.2, -0.15) is 0 Å². The molecule has 3 aromatic carbocycles. The number of nitrogens with zero attached hydrogens (tertiary/aromatic N) is 2. The largest absolute Gasteiger partial charge is 0.376 e. The van der Waals surface area contributed by atoms with Gasteiger partial charge in [-0.15, -0.1) is 0 Å². The first-order chi connectivity index (χ1) is 13.8. The molecule has 0 bridgehead atoms. The van der Waals surface area contributed by atoms with Gasteiger partial charge in [0.25, 0.3) is 5.91 Å². The van der Waals surface area contributed by atoms with Crippen LogP contribution in [0.3, 0.4) is 0 Å². The Morgan fingerprint density at radius 1 is 1.07 bits per heavy atom. The highest BCUT2D eigenvalue weighted by molar-refractivity contribution is 7.22. The van der Waals surface area contributed by atoms with E-state index in [9.17, 15) is 4.79 Å². The molecule has 0 aliphatic carbocycles. The van der Waals surface area contributed by atoms with Crippen LogP contribution in [-0.4, -0.2) is 30.1 Å². The number of para-hydroxylation sites is 1. The third-order valence-corrected chi connectivity index (χ3v) is 6.22. The number of anilines is 1. The van der Waals surface area contributed by atoms with E-state index < -0.39 is 0 Å². The molecule has 1 amide bonds. The Kier molecular flexibility index (Phi) is 4.55. The summed E-state index contributed by atoms with van der Waals surface area (Å²) in [5.41, 5.74) is 1.60. The number of hydrogen-bond acceptors (Lipinski definition) is 4. The predicted octanol–water partition coefficient (Wildman–Crippen LogP) is 5.28. The first-order valence-electron chi connectivity index (χ1n) is 9.56. The maximum absolute atomic E-state index is 13.5. The van der Waals surface area contributed by atoms with E-state index in [0.717, 1.165) is 45.6 Å². The zero-order valence-electron chi connectivity index (χ0n) is 15.4. The van der Waals surface area contributed by atoms with Gasteiger partial charge >= 0.3 is 0 Å². The summed E-state index contributed by atoms with van der Waals surface area (Å²) in [4.78, 5) is 20.0. The second-order valence-corrected chi connectivity index (χ2v) is 8.09. The van der Waals surface area contributed by atoms with Crippen molar-refractivity contribution in [1.29, 1.82) is 0 Å². The van der Waals surface area contributed by atoms with Crippen LogP contribution in [0.15, 0.2) is 66.7 Å². The molecule has 4 nitrogen and oxygen atoms in total. The molecule has 0 unspecified atom stereocenters. The number of hydrogen-bond donors (Lipinski definition) is 0. The number of benzene rings is 3. The number of fused-ring (bicyclic) bond motifs is 2. The molecular formula is C23H20N2O2S. The smallest absolute Gasteiger partial charge is 0.260 e. The quantitative estimate of drug-likeness (QED) is 0.478. The Morgan fingerprint density at radius 2 is 1.89 bits per heavy atom. The van der Waals surface area contributed by atoms with Gasteiger partial charge in [0.1, 0.15) is 0 Å². The van der Waals surface area contributed by atoms with E-state index in [0.29, 0.717) is 12.1 Å². The molecule has 2 heterocycles. The van der Waals surface area contributed by atoms with Gasteiger partial charge < -0.3 is 4.74 Å². The van der Waals surface area contributed by atoms with E-state index in [1.165, 1.54) is 0 Å². The van der Waals surface area contributed by atoms with Crippen LogP contribution in [0.4, 0.5) is 5.13 Å². The van der Waals surface area contributed by atoms with Gasteiger partial charge in [-0.1, -0.05) is 53.8 Å². The molecule has 28 heavy (non-hydrogen) atoms. The molecule has 0 N–H and O–H groups in total. The van der Waals surface area contributed by atoms with Crippen molar-refractivity contribution in [3.8, 4) is 0 Å². The lowest BCUT2D eigenvalue weighted by atomic mass is 10.1. The summed E-state index contributed by atoms with van der Waals surface area (Å²) < 4.78 is 6.90. The number of amides is 1. The van der Waals surface area contributed by atoms with E-state index in [4.69, 9.17) is 9.72 Å². The average Bonchev–Trinajstić information content (AvgIpc) is 3.40. The van der Waals surface area contributed by atoms with Crippen LogP contribution in [-0.2, 0) is 4.74 Å². The lowest BCUT2D eigenvalue weighted by molar-refractivity contribution is 0.0917. The van der Waals surface area contributed by atoms with Crippen LogP contribution in [0, 0.1) is 0 Å².